The molecular weight excluding hydrogens is 342 g/mol. The normalized spacial score (nSPS) is 11.4. The van der Waals surface area contributed by atoms with Gasteiger partial charge in [0.1, 0.15) is 5.75 Å². The molecule has 26 heavy (non-hydrogen) atoms. The summed E-state index contributed by atoms with van der Waals surface area (Å²) in [6.07, 6.45) is 0. The van der Waals surface area contributed by atoms with Crippen molar-refractivity contribution in [2.24, 2.45) is 0 Å². The Morgan fingerprint density at radius 2 is 1.73 bits per heavy atom. The maximum Gasteiger partial charge on any atom is 0.197 e. The summed E-state index contributed by atoms with van der Waals surface area (Å²) >= 11 is 1.53. The van der Waals surface area contributed by atoms with Crippen molar-refractivity contribution in [1.82, 2.24) is 4.98 Å². The lowest BCUT2D eigenvalue weighted by atomic mass is 10.0. The summed E-state index contributed by atoms with van der Waals surface area (Å²) in [5.41, 5.74) is 3.86. The first-order valence-electron chi connectivity index (χ1n) is 8.25. The van der Waals surface area contributed by atoms with Crippen LogP contribution in [-0.2, 0) is 0 Å². The van der Waals surface area contributed by atoms with Crippen molar-refractivity contribution in [2.75, 3.05) is 0 Å². The van der Waals surface area contributed by atoms with Crippen molar-refractivity contribution >= 4 is 32.3 Å². The fraction of sp³-hybridized carbons (Fsp3) is 0. The molecule has 0 amide bonds. The van der Waals surface area contributed by atoms with Crippen LogP contribution in [0.2, 0.25) is 0 Å². The molecule has 1 heterocycles. The number of phenolic OH excluding ortho intramolecular Hbond substituents is 1. The standard InChI is InChI=1S/C22H13NO2S/c24-14-6-3-5-13(11-14)15-7-4-8-16-20(15)22(25)17-12-26-19-10-2-1-9-18(19)23-21(16)17/h1-12,24H. The van der Waals surface area contributed by atoms with Crippen LogP contribution in [0.4, 0.5) is 0 Å². The quantitative estimate of drug-likeness (QED) is 0.445. The third-order valence-electron chi connectivity index (χ3n) is 4.60. The van der Waals surface area contributed by atoms with Crippen molar-refractivity contribution in [1.29, 1.82) is 0 Å². The Hall–Kier alpha value is -3.24. The first kappa shape index (κ1) is 15.0. The number of para-hydroxylation sites is 1. The van der Waals surface area contributed by atoms with Crippen molar-refractivity contribution in [3.8, 4) is 28.1 Å². The van der Waals surface area contributed by atoms with Gasteiger partial charge in [-0.15, -0.1) is 11.3 Å². The van der Waals surface area contributed by atoms with Crippen LogP contribution in [0.1, 0.15) is 0 Å². The van der Waals surface area contributed by atoms with Gasteiger partial charge in [-0.25, -0.2) is 4.98 Å². The number of hydrogen-bond acceptors (Lipinski definition) is 4. The Kier molecular flexibility index (Phi) is 3.27. The fourth-order valence-corrected chi connectivity index (χ4v) is 4.27. The molecule has 3 nitrogen and oxygen atoms in total. The van der Waals surface area contributed by atoms with Gasteiger partial charge < -0.3 is 5.11 Å². The van der Waals surface area contributed by atoms with Gasteiger partial charge in [0.05, 0.1) is 21.5 Å². The van der Waals surface area contributed by atoms with Gasteiger partial charge in [-0.2, -0.15) is 0 Å². The van der Waals surface area contributed by atoms with E-state index in [-0.39, 0.29) is 11.2 Å². The predicted octanol–water partition coefficient (Wildman–Crippen LogP) is 5.29. The van der Waals surface area contributed by atoms with Crippen LogP contribution in [0.15, 0.2) is 76.9 Å². The van der Waals surface area contributed by atoms with Gasteiger partial charge in [0.2, 0.25) is 0 Å². The molecule has 0 spiro atoms. The average Bonchev–Trinajstić information content (AvgIpc) is 2.82. The number of rotatable bonds is 1. The maximum atomic E-state index is 13.2. The van der Waals surface area contributed by atoms with Crippen LogP contribution >= 0.6 is 11.3 Å². The van der Waals surface area contributed by atoms with E-state index in [0.29, 0.717) is 10.9 Å². The van der Waals surface area contributed by atoms with Crippen molar-refractivity contribution in [2.45, 2.75) is 0 Å². The minimum absolute atomic E-state index is 0.0157. The minimum Gasteiger partial charge on any atom is -0.508 e. The number of benzene rings is 3. The van der Waals surface area contributed by atoms with E-state index in [1.54, 1.807) is 18.2 Å². The van der Waals surface area contributed by atoms with Crippen LogP contribution in [0, 0.1) is 0 Å². The summed E-state index contributed by atoms with van der Waals surface area (Å²) in [6.45, 7) is 0. The van der Waals surface area contributed by atoms with E-state index in [9.17, 15) is 9.90 Å². The fourth-order valence-electron chi connectivity index (χ4n) is 3.42. The summed E-state index contributed by atoms with van der Waals surface area (Å²) in [4.78, 5) is 18.0. The maximum absolute atomic E-state index is 13.2. The van der Waals surface area contributed by atoms with Crippen LogP contribution in [0.25, 0.3) is 43.4 Å². The van der Waals surface area contributed by atoms with E-state index in [4.69, 9.17) is 4.98 Å². The Morgan fingerprint density at radius 3 is 2.62 bits per heavy atom. The summed E-state index contributed by atoms with van der Waals surface area (Å²) in [7, 11) is 0. The Bertz CT molecular complexity index is 1320. The lowest BCUT2D eigenvalue weighted by molar-refractivity contribution is 0.475. The summed E-state index contributed by atoms with van der Waals surface area (Å²) in [5, 5.41) is 13.2. The monoisotopic (exact) mass is 355 g/mol. The molecule has 1 N–H and O–H groups in total. The molecule has 0 fully saturated rings. The Balaban J connectivity index is 1.94. The zero-order chi connectivity index (χ0) is 17.7. The van der Waals surface area contributed by atoms with Gasteiger partial charge in [0, 0.05) is 16.2 Å². The molecule has 0 atom stereocenters. The Morgan fingerprint density at radius 1 is 0.885 bits per heavy atom. The molecular formula is C22H13NO2S. The number of nitrogens with zero attached hydrogens (tertiary/aromatic N) is 1. The first-order valence-corrected chi connectivity index (χ1v) is 9.13. The predicted molar refractivity (Wildman–Crippen MR) is 107 cm³/mol. The third-order valence-corrected chi connectivity index (χ3v) is 5.56. The van der Waals surface area contributed by atoms with Gasteiger partial charge in [0.25, 0.3) is 0 Å². The molecule has 0 saturated heterocycles. The highest BCUT2D eigenvalue weighted by atomic mass is 32.1. The van der Waals surface area contributed by atoms with Gasteiger partial charge in [-0.05, 0) is 35.4 Å². The van der Waals surface area contributed by atoms with E-state index >= 15 is 0 Å². The summed E-state index contributed by atoms with van der Waals surface area (Å²) < 4.78 is 1.04. The smallest absolute Gasteiger partial charge is 0.197 e. The number of aromatic hydroxyl groups is 1. The Labute approximate surface area is 153 Å². The highest BCUT2D eigenvalue weighted by molar-refractivity contribution is 7.16. The molecule has 0 saturated carbocycles. The molecule has 3 aromatic carbocycles. The number of aromatic nitrogens is 1. The number of fused-ring (bicyclic) bond motifs is 4. The van der Waals surface area contributed by atoms with Crippen molar-refractivity contribution in [3.63, 3.8) is 0 Å². The molecule has 1 aliphatic carbocycles. The van der Waals surface area contributed by atoms with E-state index in [2.05, 4.69) is 0 Å². The average molecular weight is 355 g/mol. The van der Waals surface area contributed by atoms with E-state index in [0.717, 1.165) is 32.4 Å². The molecule has 124 valence electrons. The van der Waals surface area contributed by atoms with Crippen LogP contribution in [-0.4, -0.2) is 10.1 Å². The molecule has 4 heteroatoms. The van der Waals surface area contributed by atoms with Crippen molar-refractivity contribution in [3.05, 3.63) is 82.3 Å². The first-order chi connectivity index (χ1) is 12.7. The highest BCUT2D eigenvalue weighted by Crippen LogP contribution is 2.36. The molecule has 2 aliphatic rings. The zero-order valence-corrected chi connectivity index (χ0v) is 14.5. The zero-order valence-electron chi connectivity index (χ0n) is 13.6. The van der Waals surface area contributed by atoms with Crippen LogP contribution in [0.5, 0.6) is 5.75 Å². The van der Waals surface area contributed by atoms with Crippen LogP contribution < -0.4 is 5.43 Å². The van der Waals surface area contributed by atoms with Crippen molar-refractivity contribution < 1.29 is 5.11 Å². The van der Waals surface area contributed by atoms with Crippen LogP contribution in [0.3, 0.4) is 0 Å². The largest absolute Gasteiger partial charge is 0.508 e. The minimum atomic E-state index is -0.0157. The second-order valence-electron chi connectivity index (χ2n) is 6.19. The number of phenols is 1. The summed E-state index contributed by atoms with van der Waals surface area (Å²) in [5.74, 6) is 0.181. The second kappa shape index (κ2) is 5.64. The lowest BCUT2D eigenvalue weighted by Gasteiger charge is -2.04. The highest BCUT2D eigenvalue weighted by Gasteiger charge is 2.20. The van der Waals surface area contributed by atoms with E-state index in [1.807, 2.05) is 53.9 Å². The van der Waals surface area contributed by atoms with Gasteiger partial charge in [0.15, 0.2) is 5.43 Å². The topological polar surface area (TPSA) is 50.2 Å². The second-order valence-corrected chi connectivity index (χ2v) is 7.10. The van der Waals surface area contributed by atoms with Gasteiger partial charge in [-0.1, -0.05) is 42.5 Å². The van der Waals surface area contributed by atoms with E-state index < -0.39 is 0 Å². The lowest BCUT2D eigenvalue weighted by Crippen LogP contribution is -1.97. The van der Waals surface area contributed by atoms with E-state index in [1.165, 1.54) is 11.3 Å². The number of hydrogen-bond donors (Lipinski definition) is 1. The molecule has 5 rings (SSSR count). The molecule has 3 aromatic rings. The SMILES string of the molecule is O=c1c2csc3ccccc3nc-2c2cccc(-c3cccc(O)c3)c12. The summed E-state index contributed by atoms with van der Waals surface area (Å²) in [6, 6.07) is 20.7. The molecule has 0 aromatic heterocycles. The molecule has 0 bridgehead atoms. The molecule has 0 unspecified atom stereocenters. The third kappa shape index (κ3) is 2.20. The van der Waals surface area contributed by atoms with Gasteiger partial charge in [-0.3, -0.25) is 4.79 Å². The molecule has 1 aliphatic heterocycles. The molecule has 0 radical (unpaired) electrons. The van der Waals surface area contributed by atoms with Gasteiger partial charge >= 0.3 is 0 Å².